The summed E-state index contributed by atoms with van der Waals surface area (Å²) < 4.78 is 30.8. The Morgan fingerprint density at radius 3 is 1.54 bits per heavy atom. The van der Waals surface area contributed by atoms with Crippen LogP contribution in [0.4, 0.5) is 11.8 Å². The van der Waals surface area contributed by atoms with E-state index in [9.17, 15) is 9.59 Å². The Morgan fingerprint density at radius 2 is 1.18 bits per heavy atom. The molecule has 0 unspecified atom stereocenters. The number of methoxy groups -OCH3 is 2. The lowest BCUT2D eigenvalue weighted by Gasteiger charge is -2.03. The molecule has 0 aliphatic heterocycles. The highest BCUT2D eigenvalue weighted by Crippen LogP contribution is 2.36. The Kier molecular flexibility index (Phi) is 5.71. The summed E-state index contributed by atoms with van der Waals surface area (Å²) in [6.07, 6.45) is 0. The number of benzene rings is 1. The summed E-state index contributed by atoms with van der Waals surface area (Å²) in [4.78, 5) is 24.6. The number of rotatable bonds is 8. The molecule has 0 saturated carbocycles. The van der Waals surface area contributed by atoms with Crippen molar-refractivity contribution in [2.24, 2.45) is 0 Å². The van der Waals surface area contributed by atoms with Crippen LogP contribution in [0.25, 0.3) is 21.9 Å². The maximum Gasteiger partial charge on any atom is 0.344 e. The van der Waals surface area contributed by atoms with E-state index in [0.717, 1.165) is 0 Å². The molecular formula is C18H20N2O8. The molecule has 10 nitrogen and oxygen atoms in total. The number of nitrogens with two attached hydrogens (primary N) is 2. The lowest BCUT2D eigenvalue weighted by atomic mass is 10.1. The van der Waals surface area contributed by atoms with Crippen molar-refractivity contribution in [3.8, 4) is 0 Å². The molecule has 0 atom stereocenters. The highest BCUT2D eigenvalue weighted by atomic mass is 16.6. The quantitative estimate of drug-likeness (QED) is 0.430. The predicted octanol–water partition coefficient (Wildman–Crippen LogP) is 1.95. The number of carbonyl (C=O) groups is 2. The van der Waals surface area contributed by atoms with Gasteiger partial charge in [0.1, 0.15) is 35.5 Å². The summed E-state index contributed by atoms with van der Waals surface area (Å²) in [6, 6.07) is 3.03. The van der Waals surface area contributed by atoms with Crippen LogP contribution >= 0.6 is 0 Å². The van der Waals surface area contributed by atoms with Gasteiger partial charge in [0.05, 0.1) is 13.2 Å². The van der Waals surface area contributed by atoms with Crippen LogP contribution in [0.2, 0.25) is 0 Å². The molecule has 1 aromatic carbocycles. The zero-order valence-electron chi connectivity index (χ0n) is 15.4. The summed E-state index contributed by atoms with van der Waals surface area (Å²) in [5.41, 5.74) is 12.3. The Morgan fingerprint density at radius 1 is 0.786 bits per heavy atom. The molecule has 0 radical (unpaired) electrons. The van der Waals surface area contributed by atoms with Crippen molar-refractivity contribution in [2.45, 2.75) is 0 Å². The third-order valence-electron chi connectivity index (χ3n) is 4.00. The van der Waals surface area contributed by atoms with Crippen molar-refractivity contribution in [3.05, 3.63) is 23.3 Å². The molecule has 2 aromatic heterocycles. The third-order valence-corrected chi connectivity index (χ3v) is 4.00. The van der Waals surface area contributed by atoms with Gasteiger partial charge in [-0.05, 0) is 12.1 Å². The molecule has 2 heterocycles. The highest BCUT2D eigenvalue weighted by Gasteiger charge is 2.26. The number of hydrogen-bond acceptors (Lipinski definition) is 10. The SMILES string of the molecule is COCCOC(=O)c1c(N)oc2cc3c(C(=O)OCCOC)c(N)oc3cc12. The van der Waals surface area contributed by atoms with Crippen molar-refractivity contribution < 1.29 is 37.4 Å². The Labute approximate surface area is 159 Å². The van der Waals surface area contributed by atoms with E-state index in [1.807, 2.05) is 0 Å². The molecular weight excluding hydrogens is 372 g/mol. The first-order valence-electron chi connectivity index (χ1n) is 8.34. The Balaban J connectivity index is 2.00. The van der Waals surface area contributed by atoms with E-state index < -0.39 is 11.9 Å². The van der Waals surface area contributed by atoms with E-state index in [4.69, 9.17) is 39.2 Å². The minimum absolute atomic E-state index is 0.0622. The summed E-state index contributed by atoms with van der Waals surface area (Å²) in [6.45, 7) is 0.619. The van der Waals surface area contributed by atoms with E-state index in [1.165, 1.54) is 26.4 Å². The maximum absolute atomic E-state index is 12.3. The van der Waals surface area contributed by atoms with Crippen molar-refractivity contribution >= 4 is 45.6 Å². The van der Waals surface area contributed by atoms with Crippen molar-refractivity contribution in [2.75, 3.05) is 52.1 Å². The number of fused-ring (bicyclic) bond motifs is 2. The first-order chi connectivity index (χ1) is 13.5. The standard InChI is InChI=1S/C18H20N2O8/c1-23-3-5-25-17(21)13-9-7-12-10(8-11(9)27-15(13)19)14(16(20)28-12)18(22)26-6-4-24-2/h7-8H,3-6,19-20H2,1-2H3. The molecule has 0 bridgehead atoms. The summed E-state index contributed by atoms with van der Waals surface area (Å²) in [5, 5.41) is 0.751. The van der Waals surface area contributed by atoms with Crippen LogP contribution in [-0.4, -0.2) is 52.6 Å². The molecule has 0 aliphatic rings. The highest BCUT2D eigenvalue weighted by molar-refractivity contribution is 6.14. The van der Waals surface area contributed by atoms with Crippen LogP contribution in [0.3, 0.4) is 0 Å². The molecule has 0 fully saturated rings. The molecule has 10 heteroatoms. The normalized spacial score (nSPS) is 11.2. The van der Waals surface area contributed by atoms with E-state index in [-0.39, 0.29) is 60.5 Å². The van der Waals surface area contributed by atoms with Gasteiger partial charge in [-0.15, -0.1) is 0 Å². The predicted molar refractivity (Wildman–Crippen MR) is 99.1 cm³/mol. The van der Waals surface area contributed by atoms with Gasteiger partial charge < -0.3 is 39.2 Å². The number of carbonyl (C=O) groups excluding carboxylic acids is 2. The lowest BCUT2D eigenvalue weighted by molar-refractivity contribution is 0.0383. The number of furan rings is 2. The summed E-state index contributed by atoms with van der Waals surface area (Å²) in [5.74, 6) is -1.54. The minimum Gasteiger partial charge on any atom is -0.459 e. The van der Waals surface area contributed by atoms with Gasteiger partial charge in [-0.1, -0.05) is 0 Å². The molecule has 3 aromatic rings. The van der Waals surface area contributed by atoms with Crippen LogP contribution in [0.1, 0.15) is 20.7 Å². The van der Waals surface area contributed by atoms with E-state index in [2.05, 4.69) is 0 Å². The number of hydrogen-bond donors (Lipinski definition) is 2. The fourth-order valence-corrected chi connectivity index (χ4v) is 2.72. The maximum atomic E-state index is 12.3. The number of nitrogen functional groups attached to an aromatic ring is 2. The molecule has 0 spiro atoms. The van der Waals surface area contributed by atoms with Crippen molar-refractivity contribution in [3.63, 3.8) is 0 Å². The van der Waals surface area contributed by atoms with Gasteiger partial charge in [-0.25, -0.2) is 9.59 Å². The van der Waals surface area contributed by atoms with Crippen LogP contribution in [0.5, 0.6) is 0 Å². The summed E-state index contributed by atoms with van der Waals surface area (Å²) in [7, 11) is 2.98. The fourth-order valence-electron chi connectivity index (χ4n) is 2.72. The third kappa shape index (κ3) is 3.59. The van der Waals surface area contributed by atoms with Gasteiger partial charge in [0, 0.05) is 25.0 Å². The van der Waals surface area contributed by atoms with Crippen LogP contribution in [-0.2, 0) is 18.9 Å². The minimum atomic E-state index is -0.661. The summed E-state index contributed by atoms with van der Waals surface area (Å²) >= 11 is 0. The number of anilines is 2. The van der Waals surface area contributed by atoms with Crippen molar-refractivity contribution in [1.82, 2.24) is 0 Å². The lowest BCUT2D eigenvalue weighted by Crippen LogP contribution is -2.11. The van der Waals surface area contributed by atoms with Crippen molar-refractivity contribution in [1.29, 1.82) is 0 Å². The Hall–Kier alpha value is -3.24. The van der Waals surface area contributed by atoms with Crippen LogP contribution in [0.15, 0.2) is 21.0 Å². The van der Waals surface area contributed by atoms with Gasteiger partial charge in [0.25, 0.3) is 0 Å². The first kappa shape index (κ1) is 19.5. The number of esters is 2. The van der Waals surface area contributed by atoms with Crippen LogP contribution < -0.4 is 11.5 Å². The van der Waals surface area contributed by atoms with Gasteiger partial charge in [-0.2, -0.15) is 0 Å². The molecule has 150 valence electrons. The van der Waals surface area contributed by atoms with Crippen LogP contribution in [0, 0.1) is 0 Å². The average molecular weight is 392 g/mol. The second kappa shape index (κ2) is 8.19. The molecule has 0 saturated heterocycles. The topological polar surface area (TPSA) is 149 Å². The second-order valence-electron chi connectivity index (χ2n) is 5.78. The zero-order chi connectivity index (χ0) is 20.3. The smallest absolute Gasteiger partial charge is 0.344 e. The molecule has 4 N–H and O–H groups in total. The van der Waals surface area contributed by atoms with E-state index in [0.29, 0.717) is 10.8 Å². The van der Waals surface area contributed by atoms with Gasteiger partial charge in [-0.3, -0.25) is 0 Å². The monoisotopic (exact) mass is 392 g/mol. The first-order valence-corrected chi connectivity index (χ1v) is 8.34. The second-order valence-corrected chi connectivity index (χ2v) is 5.78. The molecule has 28 heavy (non-hydrogen) atoms. The molecule has 3 rings (SSSR count). The van der Waals surface area contributed by atoms with Gasteiger partial charge >= 0.3 is 11.9 Å². The molecule has 0 aliphatic carbocycles. The Bertz CT molecular complexity index is 938. The van der Waals surface area contributed by atoms with Gasteiger partial charge in [0.15, 0.2) is 0 Å². The van der Waals surface area contributed by atoms with E-state index in [1.54, 1.807) is 0 Å². The van der Waals surface area contributed by atoms with Gasteiger partial charge in [0.2, 0.25) is 11.8 Å². The fraction of sp³-hybridized carbons (Fsp3) is 0.333. The molecule has 0 amide bonds. The number of ether oxygens (including phenoxy) is 4. The van der Waals surface area contributed by atoms with E-state index >= 15 is 0 Å². The zero-order valence-corrected chi connectivity index (χ0v) is 15.4. The average Bonchev–Trinajstić information content (AvgIpc) is 3.14. The largest absolute Gasteiger partial charge is 0.459 e.